The molecule has 0 saturated carbocycles. The average Bonchev–Trinajstić information content (AvgIpc) is 2.40. The van der Waals surface area contributed by atoms with Crippen molar-refractivity contribution in [1.82, 2.24) is 15.5 Å². The molecule has 1 saturated heterocycles. The Labute approximate surface area is 122 Å². The molecule has 118 valence electrons. The Morgan fingerprint density at radius 1 is 1.45 bits per heavy atom. The maximum Gasteiger partial charge on any atom is 0.216 e. The molecular formula is C14H29N3O3. The summed E-state index contributed by atoms with van der Waals surface area (Å²) in [5.74, 6) is -0.00768. The summed E-state index contributed by atoms with van der Waals surface area (Å²) in [7, 11) is 0. The minimum absolute atomic E-state index is 0.00768. The molecule has 1 amide bonds. The first kappa shape index (κ1) is 17.4. The summed E-state index contributed by atoms with van der Waals surface area (Å²) < 4.78 is 11.2. The highest BCUT2D eigenvalue weighted by molar-refractivity contribution is 5.72. The fourth-order valence-corrected chi connectivity index (χ4v) is 2.08. The van der Waals surface area contributed by atoms with Crippen molar-refractivity contribution in [3.8, 4) is 0 Å². The van der Waals surface area contributed by atoms with Crippen molar-refractivity contribution in [1.29, 1.82) is 0 Å². The van der Waals surface area contributed by atoms with Crippen molar-refractivity contribution in [2.75, 3.05) is 52.5 Å². The summed E-state index contributed by atoms with van der Waals surface area (Å²) in [6, 6.07) is 0.507. The molecule has 1 heterocycles. The molecule has 2 N–H and O–H groups in total. The lowest BCUT2D eigenvalue weighted by molar-refractivity contribution is -0.120. The highest BCUT2D eigenvalue weighted by Gasteiger charge is 2.20. The second-order valence-electron chi connectivity index (χ2n) is 5.45. The standard InChI is InChI=1S/C14H29N3O3/c1-12(2)15-4-7-19-8-5-17-6-9-20-14(11-17)10-16-13(3)18/h12,14-15H,4-11H2,1-3H3,(H,16,18). The van der Waals surface area contributed by atoms with Crippen LogP contribution in [0.3, 0.4) is 0 Å². The monoisotopic (exact) mass is 287 g/mol. The van der Waals surface area contributed by atoms with Crippen molar-refractivity contribution in [3.63, 3.8) is 0 Å². The number of hydrogen-bond acceptors (Lipinski definition) is 5. The molecule has 6 nitrogen and oxygen atoms in total. The third-order valence-electron chi connectivity index (χ3n) is 3.15. The maximum absolute atomic E-state index is 10.9. The van der Waals surface area contributed by atoms with Gasteiger partial charge in [0, 0.05) is 45.7 Å². The normalized spacial score (nSPS) is 20.3. The van der Waals surface area contributed by atoms with Gasteiger partial charge in [0.1, 0.15) is 0 Å². The zero-order valence-electron chi connectivity index (χ0n) is 13.0. The summed E-state index contributed by atoms with van der Waals surface area (Å²) >= 11 is 0. The van der Waals surface area contributed by atoms with E-state index in [0.717, 1.165) is 46.0 Å². The summed E-state index contributed by atoms with van der Waals surface area (Å²) in [5, 5.41) is 6.12. The van der Waals surface area contributed by atoms with Crippen LogP contribution >= 0.6 is 0 Å². The van der Waals surface area contributed by atoms with Gasteiger partial charge in [-0.05, 0) is 0 Å². The molecule has 1 aliphatic rings. The zero-order valence-corrected chi connectivity index (χ0v) is 13.0. The van der Waals surface area contributed by atoms with Crippen LogP contribution in [0.2, 0.25) is 0 Å². The van der Waals surface area contributed by atoms with Crippen molar-refractivity contribution >= 4 is 5.91 Å². The van der Waals surface area contributed by atoms with Crippen LogP contribution in [-0.2, 0) is 14.3 Å². The number of hydrogen-bond donors (Lipinski definition) is 2. The van der Waals surface area contributed by atoms with Crippen LogP contribution in [0.1, 0.15) is 20.8 Å². The molecule has 0 aromatic carbocycles. The third-order valence-corrected chi connectivity index (χ3v) is 3.15. The van der Waals surface area contributed by atoms with Gasteiger partial charge >= 0.3 is 0 Å². The highest BCUT2D eigenvalue weighted by atomic mass is 16.5. The predicted molar refractivity (Wildman–Crippen MR) is 78.8 cm³/mol. The lowest BCUT2D eigenvalue weighted by Gasteiger charge is -2.32. The molecule has 1 atom stereocenters. The topological polar surface area (TPSA) is 62.8 Å². The van der Waals surface area contributed by atoms with Gasteiger partial charge in [0.05, 0.1) is 25.9 Å². The van der Waals surface area contributed by atoms with Gasteiger partial charge in [-0.2, -0.15) is 0 Å². The van der Waals surface area contributed by atoms with E-state index in [9.17, 15) is 4.79 Å². The van der Waals surface area contributed by atoms with E-state index in [4.69, 9.17) is 9.47 Å². The summed E-state index contributed by atoms with van der Waals surface area (Å²) in [4.78, 5) is 13.2. The molecule has 0 spiro atoms. The van der Waals surface area contributed by atoms with Gasteiger partial charge in [0.25, 0.3) is 0 Å². The SMILES string of the molecule is CC(=O)NCC1CN(CCOCCNC(C)C)CCO1. The van der Waals surface area contributed by atoms with Crippen LogP contribution in [0, 0.1) is 0 Å². The summed E-state index contributed by atoms with van der Waals surface area (Å²) in [6.07, 6.45) is 0.0928. The van der Waals surface area contributed by atoms with Crippen molar-refractivity contribution in [3.05, 3.63) is 0 Å². The van der Waals surface area contributed by atoms with E-state index in [0.29, 0.717) is 12.6 Å². The summed E-state index contributed by atoms with van der Waals surface area (Å²) in [5.41, 5.74) is 0. The molecule has 0 aromatic heterocycles. The number of morpholine rings is 1. The minimum atomic E-state index is -0.00768. The smallest absolute Gasteiger partial charge is 0.216 e. The fraction of sp³-hybridized carbons (Fsp3) is 0.929. The molecule has 1 fully saturated rings. The summed E-state index contributed by atoms with van der Waals surface area (Å²) in [6.45, 7) is 12.2. The van der Waals surface area contributed by atoms with Gasteiger partial charge in [0.2, 0.25) is 5.91 Å². The minimum Gasteiger partial charge on any atom is -0.379 e. The molecule has 1 unspecified atom stereocenters. The zero-order chi connectivity index (χ0) is 14.8. The van der Waals surface area contributed by atoms with E-state index < -0.39 is 0 Å². The lowest BCUT2D eigenvalue weighted by atomic mass is 10.2. The highest BCUT2D eigenvalue weighted by Crippen LogP contribution is 2.04. The Bertz CT molecular complexity index is 274. The number of rotatable bonds is 9. The first-order valence-electron chi connectivity index (χ1n) is 7.47. The Kier molecular flexibility index (Phi) is 8.77. The molecule has 0 radical (unpaired) electrons. The Hall–Kier alpha value is -0.690. The van der Waals surface area contributed by atoms with Gasteiger partial charge in [-0.25, -0.2) is 0 Å². The lowest BCUT2D eigenvalue weighted by Crippen LogP contribution is -2.48. The number of carbonyl (C=O) groups is 1. The molecule has 0 aromatic rings. The number of nitrogens with one attached hydrogen (secondary N) is 2. The van der Waals surface area contributed by atoms with Crippen LogP contribution in [0.15, 0.2) is 0 Å². The van der Waals surface area contributed by atoms with E-state index >= 15 is 0 Å². The number of ether oxygens (including phenoxy) is 2. The molecule has 1 aliphatic heterocycles. The van der Waals surface area contributed by atoms with E-state index in [2.05, 4.69) is 29.4 Å². The Morgan fingerprint density at radius 3 is 2.95 bits per heavy atom. The fourth-order valence-electron chi connectivity index (χ4n) is 2.08. The van der Waals surface area contributed by atoms with Crippen molar-refractivity contribution in [2.24, 2.45) is 0 Å². The predicted octanol–water partition coefficient (Wildman–Crippen LogP) is -0.162. The van der Waals surface area contributed by atoms with Crippen LogP contribution in [0.4, 0.5) is 0 Å². The van der Waals surface area contributed by atoms with E-state index in [1.165, 1.54) is 6.92 Å². The van der Waals surface area contributed by atoms with Gasteiger partial charge < -0.3 is 20.1 Å². The number of carbonyl (C=O) groups excluding carboxylic acids is 1. The van der Waals surface area contributed by atoms with Crippen LogP contribution in [-0.4, -0.2) is 75.5 Å². The second-order valence-corrected chi connectivity index (χ2v) is 5.45. The van der Waals surface area contributed by atoms with Crippen LogP contribution in [0.5, 0.6) is 0 Å². The van der Waals surface area contributed by atoms with Crippen LogP contribution in [0.25, 0.3) is 0 Å². The largest absolute Gasteiger partial charge is 0.379 e. The Balaban J connectivity index is 2.04. The van der Waals surface area contributed by atoms with E-state index in [-0.39, 0.29) is 12.0 Å². The van der Waals surface area contributed by atoms with Crippen molar-refractivity contribution < 1.29 is 14.3 Å². The van der Waals surface area contributed by atoms with E-state index in [1.807, 2.05) is 0 Å². The maximum atomic E-state index is 10.9. The van der Waals surface area contributed by atoms with Gasteiger partial charge in [-0.3, -0.25) is 9.69 Å². The third kappa shape index (κ3) is 8.47. The molecular weight excluding hydrogens is 258 g/mol. The average molecular weight is 287 g/mol. The molecule has 0 aliphatic carbocycles. The first-order valence-corrected chi connectivity index (χ1v) is 7.47. The molecule has 0 bridgehead atoms. The first-order chi connectivity index (χ1) is 9.58. The molecule has 6 heteroatoms. The van der Waals surface area contributed by atoms with Gasteiger partial charge in [0.15, 0.2) is 0 Å². The second kappa shape index (κ2) is 10.1. The van der Waals surface area contributed by atoms with Gasteiger partial charge in [-0.15, -0.1) is 0 Å². The van der Waals surface area contributed by atoms with Crippen molar-refractivity contribution in [2.45, 2.75) is 32.9 Å². The van der Waals surface area contributed by atoms with Gasteiger partial charge in [-0.1, -0.05) is 13.8 Å². The number of nitrogens with zero attached hydrogens (tertiary/aromatic N) is 1. The quantitative estimate of drug-likeness (QED) is 0.577. The van der Waals surface area contributed by atoms with E-state index in [1.54, 1.807) is 0 Å². The molecule has 1 rings (SSSR count). The Morgan fingerprint density at radius 2 is 2.25 bits per heavy atom. The number of amides is 1. The van der Waals surface area contributed by atoms with Crippen LogP contribution < -0.4 is 10.6 Å². The molecule has 20 heavy (non-hydrogen) atoms.